The average molecular weight is 263 g/mol. The Balaban J connectivity index is 3.14. The molecule has 0 aliphatic carbocycles. The number of halogens is 1. The van der Waals surface area contributed by atoms with Gasteiger partial charge in [-0.15, -0.1) is 0 Å². The average Bonchev–Trinajstić information content (AvgIpc) is 2.15. The number of benzene rings is 1. The Hall–Kier alpha value is -0.580. The van der Waals surface area contributed by atoms with Gasteiger partial charge >= 0.3 is 0 Å². The second-order valence-corrected chi connectivity index (χ2v) is 6.76. The monoisotopic (exact) mass is 262 g/mol. The van der Waals surface area contributed by atoms with Crippen molar-refractivity contribution in [2.75, 3.05) is 12.9 Å². The summed E-state index contributed by atoms with van der Waals surface area (Å²) in [5.41, 5.74) is 0.944. The molecule has 0 bridgehead atoms. The summed E-state index contributed by atoms with van der Waals surface area (Å²) in [5.74, 6) is -0.249. The molecule has 1 aromatic carbocycles. The first-order chi connectivity index (χ1) is 7.27. The van der Waals surface area contributed by atoms with Crippen molar-refractivity contribution < 1.29 is 13.2 Å². The fraction of sp³-hybridized carbons (Fsp3) is 0.455. The molecule has 0 saturated heterocycles. The number of hydrogen-bond donors (Lipinski definition) is 0. The van der Waals surface area contributed by atoms with Crippen LogP contribution >= 0.6 is 10.7 Å². The van der Waals surface area contributed by atoms with Gasteiger partial charge < -0.3 is 4.74 Å². The highest BCUT2D eigenvalue weighted by Crippen LogP contribution is 2.28. The molecule has 5 heteroatoms. The summed E-state index contributed by atoms with van der Waals surface area (Å²) in [6.45, 7) is 3.65. The minimum absolute atomic E-state index is 0.249. The smallest absolute Gasteiger partial charge is 0.235 e. The van der Waals surface area contributed by atoms with E-state index in [1.165, 1.54) is 7.11 Å². The molecule has 0 amide bonds. The minimum atomic E-state index is -3.61. The predicted octanol–water partition coefficient (Wildman–Crippen LogP) is 2.43. The molecule has 1 unspecified atom stereocenters. The molecule has 0 aromatic heterocycles. The van der Waals surface area contributed by atoms with Crippen molar-refractivity contribution in [2.45, 2.75) is 19.4 Å². The summed E-state index contributed by atoms with van der Waals surface area (Å²) in [5, 5.41) is 0. The van der Waals surface area contributed by atoms with Crippen LogP contribution in [0, 0.1) is 6.92 Å². The molecule has 0 aliphatic heterocycles. The summed E-state index contributed by atoms with van der Waals surface area (Å²) < 4.78 is 27.6. The molecule has 0 N–H and O–H groups in total. The van der Waals surface area contributed by atoms with Gasteiger partial charge in [0.15, 0.2) is 0 Å². The van der Waals surface area contributed by atoms with Crippen molar-refractivity contribution >= 4 is 19.7 Å². The lowest BCUT2D eigenvalue weighted by Gasteiger charge is -2.27. The maximum absolute atomic E-state index is 11.1. The van der Waals surface area contributed by atoms with Crippen LogP contribution in [0.15, 0.2) is 24.3 Å². The Morgan fingerprint density at radius 2 is 2.06 bits per heavy atom. The molecule has 16 heavy (non-hydrogen) atoms. The van der Waals surface area contributed by atoms with E-state index in [4.69, 9.17) is 15.4 Å². The van der Waals surface area contributed by atoms with Gasteiger partial charge in [-0.05, 0) is 19.4 Å². The topological polar surface area (TPSA) is 43.4 Å². The van der Waals surface area contributed by atoms with Crippen LogP contribution in [0.25, 0.3) is 0 Å². The van der Waals surface area contributed by atoms with Gasteiger partial charge in [0.1, 0.15) is 5.60 Å². The molecule has 0 spiro atoms. The number of rotatable bonds is 4. The Morgan fingerprint density at radius 1 is 1.44 bits per heavy atom. The van der Waals surface area contributed by atoms with Gasteiger partial charge in [-0.1, -0.05) is 29.8 Å². The van der Waals surface area contributed by atoms with Gasteiger partial charge in [-0.25, -0.2) is 8.42 Å². The van der Waals surface area contributed by atoms with Gasteiger partial charge in [0.25, 0.3) is 0 Å². The summed E-state index contributed by atoms with van der Waals surface area (Å²) >= 11 is 0. The van der Waals surface area contributed by atoms with Crippen molar-refractivity contribution in [3.05, 3.63) is 35.4 Å². The zero-order valence-corrected chi connectivity index (χ0v) is 11.1. The van der Waals surface area contributed by atoms with Crippen LogP contribution in [0.5, 0.6) is 0 Å². The van der Waals surface area contributed by atoms with Crippen LogP contribution in [0.1, 0.15) is 18.1 Å². The van der Waals surface area contributed by atoms with Crippen molar-refractivity contribution in [3.63, 3.8) is 0 Å². The molecule has 0 heterocycles. The molecule has 0 saturated carbocycles. The van der Waals surface area contributed by atoms with Crippen LogP contribution in [-0.2, 0) is 19.4 Å². The molecule has 1 rings (SSSR count). The largest absolute Gasteiger partial charge is 0.373 e. The van der Waals surface area contributed by atoms with Crippen molar-refractivity contribution in [3.8, 4) is 0 Å². The third-order valence-corrected chi connectivity index (χ3v) is 3.75. The van der Waals surface area contributed by atoms with E-state index in [0.29, 0.717) is 0 Å². The predicted molar refractivity (Wildman–Crippen MR) is 65.2 cm³/mol. The van der Waals surface area contributed by atoms with Crippen LogP contribution in [-0.4, -0.2) is 21.3 Å². The first-order valence-electron chi connectivity index (χ1n) is 4.81. The third-order valence-electron chi connectivity index (χ3n) is 2.53. The first kappa shape index (κ1) is 13.5. The number of methoxy groups -OCH3 is 1. The Bertz CT molecular complexity index is 470. The summed E-state index contributed by atoms with van der Waals surface area (Å²) in [7, 11) is 3.15. The zero-order valence-electron chi connectivity index (χ0n) is 9.53. The van der Waals surface area contributed by atoms with Crippen LogP contribution in [0.4, 0.5) is 0 Å². The number of ether oxygens (including phenoxy) is 1. The summed E-state index contributed by atoms with van der Waals surface area (Å²) in [6.07, 6.45) is 0. The van der Waals surface area contributed by atoms with Crippen LogP contribution < -0.4 is 0 Å². The lowest BCUT2D eigenvalue weighted by molar-refractivity contribution is 0.0225. The quantitative estimate of drug-likeness (QED) is 0.783. The summed E-state index contributed by atoms with van der Waals surface area (Å²) in [4.78, 5) is 0. The lowest BCUT2D eigenvalue weighted by atomic mass is 9.96. The van der Waals surface area contributed by atoms with E-state index in [1.54, 1.807) is 6.92 Å². The highest BCUT2D eigenvalue weighted by Gasteiger charge is 2.31. The van der Waals surface area contributed by atoms with E-state index in [2.05, 4.69) is 0 Å². The second-order valence-electron chi connectivity index (χ2n) is 3.99. The molecule has 0 aliphatic rings. The normalized spacial score (nSPS) is 15.8. The third kappa shape index (κ3) is 3.47. The molecule has 1 atom stereocenters. The fourth-order valence-corrected chi connectivity index (χ4v) is 3.13. The molecule has 90 valence electrons. The maximum Gasteiger partial charge on any atom is 0.235 e. The Labute approximate surface area is 101 Å². The first-order valence-corrected chi connectivity index (χ1v) is 7.29. The Kier molecular flexibility index (Phi) is 3.99. The minimum Gasteiger partial charge on any atom is -0.373 e. The number of aryl methyl sites for hydroxylation is 1. The second kappa shape index (κ2) is 4.73. The van der Waals surface area contributed by atoms with Gasteiger partial charge in [0.05, 0.1) is 5.75 Å². The highest BCUT2D eigenvalue weighted by atomic mass is 35.7. The number of hydrogen-bond acceptors (Lipinski definition) is 3. The van der Waals surface area contributed by atoms with Crippen LogP contribution in [0.3, 0.4) is 0 Å². The SMILES string of the molecule is COC(C)(CS(=O)(=O)Cl)c1cccc(C)c1. The molecular formula is C11H15ClO3S. The van der Waals surface area contributed by atoms with E-state index in [0.717, 1.165) is 11.1 Å². The molecule has 1 aromatic rings. The standard InChI is InChI=1S/C11H15ClO3S/c1-9-5-4-6-10(7-9)11(2,15-3)8-16(12,13)14/h4-7H,8H2,1-3H3. The Morgan fingerprint density at radius 3 is 2.50 bits per heavy atom. The van der Waals surface area contributed by atoms with Crippen LogP contribution in [0.2, 0.25) is 0 Å². The van der Waals surface area contributed by atoms with Gasteiger partial charge in [-0.3, -0.25) is 0 Å². The summed E-state index contributed by atoms with van der Waals surface area (Å²) in [6, 6.07) is 7.53. The molecule has 0 radical (unpaired) electrons. The molecule has 0 fully saturated rings. The van der Waals surface area contributed by atoms with Crippen molar-refractivity contribution in [2.24, 2.45) is 0 Å². The van der Waals surface area contributed by atoms with E-state index in [9.17, 15) is 8.42 Å². The van der Waals surface area contributed by atoms with Crippen molar-refractivity contribution in [1.29, 1.82) is 0 Å². The van der Waals surface area contributed by atoms with E-state index in [1.807, 2.05) is 31.2 Å². The van der Waals surface area contributed by atoms with Gasteiger partial charge in [0.2, 0.25) is 9.05 Å². The van der Waals surface area contributed by atoms with E-state index in [-0.39, 0.29) is 5.75 Å². The maximum atomic E-state index is 11.1. The lowest BCUT2D eigenvalue weighted by Crippen LogP contribution is -2.31. The van der Waals surface area contributed by atoms with Gasteiger partial charge in [-0.2, -0.15) is 0 Å². The highest BCUT2D eigenvalue weighted by molar-refractivity contribution is 8.13. The van der Waals surface area contributed by atoms with E-state index < -0.39 is 14.7 Å². The zero-order chi connectivity index (χ0) is 12.4. The van der Waals surface area contributed by atoms with E-state index >= 15 is 0 Å². The van der Waals surface area contributed by atoms with Gasteiger partial charge in [0, 0.05) is 17.8 Å². The molecule has 3 nitrogen and oxygen atoms in total. The fourth-order valence-electron chi connectivity index (χ4n) is 1.56. The molecular weight excluding hydrogens is 248 g/mol. The van der Waals surface area contributed by atoms with Crippen molar-refractivity contribution in [1.82, 2.24) is 0 Å².